The van der Waals surface area contributed by atoms with Crippen molar-refractivity contribution in [3.63, 3.8) is 0 Å². The number of guanidine groups is 1. The van der Waals surface area contributed by atoms with Gasteiger partial charge < -0.3 is 10.6 Å². The van der Waals surface area contributed by atoms with Crippen molar-refractivity contribution in [1.82, 2.24) is 10.6 Å². The molecule has 0 radical (unpaired) electrons. The first-order valence-electron chi connectivity index (χ1n) is 18.0. The van der Waals surface area contributed by atoms with Crippen molar-refractivity contribution >= 4 is 12.0 Å². The van der Waals surface area contributed by atoms with E-state index in [0.717, 1.165) is 12.5 Å². The van der Waals surface area contributed by atoms with Gasteiger partial charge >= 0.3 is 0 Å². The Bertz CT molecular complexity index is 613. The van der Waals surface area contributed by atoms with Crippen LogP contribution in [0.1, 0.15) is 181 Å². The fourth-order valence-corrected chi connectivity index (χ4v) is 6.33. The molecule has 5 nitrogen and oxygen atoms in total. The molecule has 0 bridgehead atoms. The molecular weight excluding hydrogens is 490 g/mol. The molecule has 4 rings (SSSR count). The lowest BCUT2D eigenvalue weighted by Crippen LogP contribution is -2.48. The van der Waals surface area contributed by atoms with Crippen molar-refractivity contribution in [2.45, 2.75) is 205 Å². The van der Waals surface area contributed by atoms with Crippen LogP contribution in [-0.2, 0) is 0 Å². The highest BCUT2D eigenvalue weighted by atomic mass is 15.2. The quantitative estimate of drug-likeness (QED) is 0.168. The highest BCUT2D eigenvalue weighted by Gasteiger charge is 2.18. The van der Waals surface area contributed by atoms with Crippen LogP contribution in [0.15, 0.2) is 15.0 Å². The number of rotatable bonds is 9. The fraction of sp³-hybridized carbons (Fsp3) is 0.943. The Labute approximate surface area is 249 Å². The van der Waals surface area contributed by atoms with E-state index in [-0.39, 0.29) is 0 Å². The minimum absolute atomic E-state index is 0.533. The molecule has 4 saturated carbocycles. The lowest BCUT2D eigenvalue weighted by atomic mass is 9.95. The van der Waals surface area contributed by atoms with Crippen molar-refractivity contribution in [1.29, 1.82) is 0 Å². The minimum atomic E-state index is 0.533. The number of nitrogens with one attached hydrogen (secondary N) is 2. The van der Waals surface area contributed by atoms with Crippen molar-refractivity contribution in [3.05, 3.63) is 0 Å². The van der Waals surface area contributed by atoms with Crippen molar-refractivity contribution < 1.29 is 0 Å². The minimum Gasteiger partial charge on any atom is -0.354 e. The predicted octanol–water partition coefficient (Wildman–Crippen LogP) is 10.0. The van der Waals surface area contributed by atoms with Crippen LogP contribution in [0.2, 0.25) is 0 Å². The Morgan fingerprint density at radius 1 is 0.525 bits per heavy atom. The lowest BCUT2D eigenvalue weighted by molar-refractivity contribution is 0.388. The third kappa shape index (κ3) is 17.5. The molecule has 2 N–H and O–H groups in total. The van der Waals surface area contributed by atoms with Gasteiger partial charge in [0.1, 0.15) is 0 Å². The summed E-state index contributed by atoms with van der Waals surface area (Å²) < 4.78 is 0. The molecule has 0 saturated heterocycles. The highest BCUT2D eigenvalue weighted by molar-refractivity contribution is 5.80. The molecule has 0 aromatic heterocycles. The second-order valence-corrected chi connectivity index (χ2v) is 12.8. The molecule has 0 unspecified atom stereocenters. The summed E-state index contributed by atoms with van der Waals surface area (Å²) in [5.41, 5.74) is 0. The third-order valence-electron chi connectivity index (χ3n) is 9.01. The smallest absolute Gasteiger partial charge is 0.191 e. The SMILES string of the molecule is C(=NC1CCCCC1)=NC1CCCCC1.CCCCC.CCCCN=C(NC1CCCCC1)NC1CCCCC1. The molecule has 0 amide bonds. The van der Waals surface area contributed by atoms with E-state index in [1.54, 1.807) is 0 Å². The Balaban J connectivity index is 0.000000247. The van der Waals surface area contributed by atoms with Crippen molar-refractivity contribution in [2.24, 2.45) is 15.0 Å². The van der Waals surface area contributed by atoms with E-state index in [2.05, 4.69) is 47.4 Å². The second-order valence-electron chi connectivity index (χ2n) is 12.8. The van der Waals surface area contributed by atoms with E-state index < -0.39 is 0 Å². The van der Waals surface area contributed by atoms with Gasteiger partial charge in [-0.3, -0.25) is 4.99 Å². The van der Waals surface area contributed by atoms with E-state index in [1.807, 2.05) is 0 Å². The van der Waals surface area contributed by atoms with E-state index in [4.69, 9.17) is 4.99 Å². The monoisotopic (exact) mass is 558 g/mol. The third-order valence-corrected chi connectivity index (χ3v) is 9.01. The average molecular weight is 558 g/mol. The molecule has 5 heteroatoms. The number of aliphatic imine (C=N–C) groups is 3. The molecular formula is C35H67N5. The van der Waals surface area contributed by atoms with Crippen molar-refractivity contribution in [2.75, 3.05) is 6.54 Å². The molecule has 4 aliphatic carbocycles. The molecule has 0 aromatic carbocycles. The molecule has 0 aliphatic heterocycles. The van der Waals surface area contributed by atoms with Gasteiger partial charge in [-0.25, -0.2) is 9.98 Å². The Hall–Kier alpha value is -1.35. The molecule has 4 fully saturated rings. The van der Waals surface area contributed by atoms with Crippen LogP contribution in [0.25, 0.3) is 0 Å². The summed E-state index contributed by atoms with van der Waals surface area (Å²) in [6, 6.07) is 5.35. The molecule has 4 aliphatic rings. The zero-order valence-electron chi connectivity index (χ0n) is 27.0. The van der Waals surface area contributed by atoms with Crippen LogP contribution in [0.3, 0.4) is 0 Å². The molecule has 0 atom stereocenters. The number of hydrogen-bond donors (Lipinski definition) is 2. The molecule has 40 heavy (non-hydrogen) atoms. The summed E-state index contributed by atoms with van der Waals surface area (Å²) in [5, 5.41) is 7.40. The maximum absolute atomic E-state index is 4.80. The van der Waals surface area contributed by atoms with Gasteiger partial charge in [-0.15, -0.1) is 0 Å². The van der Waals surface area contributed by atoms with Gasteiger partial charge in [0.15, 0.2) is 5.96 Å². The number of unbranched alkanes of at least 4 members (excludes halogenated alkanes) is 3. The zero-order chi connectivity index (χ0) is 28.5. The van der Waals surface area contributed by atoms with Crippen molar-refractivity contribution in [3.8, 4) is 0 Å². The summed E-state index contributed by atoms with van der Waals surface area (Å²) in [4.78, 5) is 13.7. The fourth-order valence-electron chi connectivity index (χ4n) is 6.33. The Morgan fingerprint density at radius 2 is 0.900 bits per heavy atom. The van der Waals surface area contributed by atoms with Crippen LogP contribution in [0.5, 0.6) is 0 Å². The first-order valence-corrected chi connectivity index (χ1v) is 18.0. The summed E-state index contributed by atoms with van der Waals surface area (Å²) >= 11 is 0. The van der Waals surface area contributed by atoms with Crippen LogP contribution in [0, 0.1) is 0 Å². The number of hydrogen-bond acceptors (Lipinski definition) is 3. The van der Waals surface area contributed by atoms with E-state index >= 15 is 0 Å². The Kier molecular flexibility index (Phi) is 21.1. The standard InChI is InChI=1S/C17H33N3.C13H22N2.C5H12/c1-2-3-14-18-17(19-15-10-6-4-7-11-15)20-16-12-8-5-9-13-16;1-3-7-12(8-4-1)14-11-15-13-9-5-2-6-10-13;1-3-5-4-2/h15-16H,2-14H2,1H3,(H2,18,19,20);12-13H,1-10H2;3-5H2,1-2H3. The maximum Gasteiger partial charge on any atom is 0.191 e. The van der Waals surface area contributed by atoms with E-state index in [1.165, 1.54) is 161 Å². The first kappa shape index (κ1) is 34.8. The second kappa shape index (κ2) is 24.3. The summed E-state index contributed by atoms with van der Waals surface area (Å²) in [6.07, 6.45) is 33.3. The highest BCUT2D eigenvalue weighted by Crippen LogP contribution is 2.22. The van der Waals surface area contributed by atoms with Gasteiger partial charge in [-0.1, -0.05) is 124 Å². The van der Waals surface area contributed by atoms with Gasteiger partial charge in [0.2, 0.25) is 0 Å². The predicted molar refractivity (Wildman–Crippen MR) is 176 cm³/mol. The Morgan fingerprint density at radius 3 is 1.25 bits per heavy atom. The van der Waals surface area contributed by atoms with Gasteiger partial charge in [0.25, 0.3) is 0 Å². The van der Waals surface area contributed by atoms with Gasteiger partial charge in [-0.2, -0.15) is 0 Å². The lowest BCUT2D eigenvalue weighted by Gasteiger charge is -2.29. The molecule has 0 aromatic rings. The van der Waals surface area contributed by atoms with Crippen LogP contribution >= 0.6 is 0 Å². The first-order chi connectivity index (χ1) is 19.7. The molecule has 0 heterocycles. The largest absolute Gasteiger partial charge is 0.354 e. The zero-order valence-corrected chi connectivity index (χ0v) is 27.0. The van der Waals surface area contributed by atoms with Crippen LogP contribution in [0.4, 0.5) is 0 Å². The van der Waals surface area contributed by atoms with Gasteiger partial charge in [-0.05, 0) is 57.8 Å². The summed E-state index contributed by atoms with van der Waals surface area (Å²) in [7, 11) is 0. The van der Waals surface area contributed by atoms with E-state index in [0.29, 0.717) is 24.2 Å². The molecule has 232 valence electrons. The topological polar surface area (TPSA) is 61.1 Å². The van der Waals surface area contributed by atoms with Crippen LogP contribution < -0.4 is 10.6 Å². The van der Waals surface area contributed by atoms with E-state index in [9.17, 15) is 0 Å². The normalized spacial score (nSPS) is 21.0. The summed E-state index contributed by atoms with van der Waals surface area (Å²) in [6.45, 7) is 7.62. The van der Waals surface area contributed by atoms with Gasteiger partial charge in [0, 0.05) is 18.6 Å². The average Bonchev–Trinajstić information content (AvgIpc) is 3.00. The summed E-state index contributed by atoms with van der Waals surface area (Å²) in [5.74, 6) is 1.09. The maximum atomic E-state index is 4.80. The van der Waals surface area contributed by atoms with Crippen LogP contribution in [-0.4, -0.2) is 42.7 Å². The van der Waals surface area contributed by atoms with Gasteiger partial charge in [0.05, 0.1) is 18.1 Å². The molecule has 0 spiro atoms. The number of nitrogens with zero attached hydrogens (tertiary/aromatic N) is 3.